The van der Waals surface area contributed by atoms with E-state index in [1.165, 1.54) is 6.39 Å². The Labute approximate surface area is 142 Å². The molecule has 1 fully saturated rings. The molecule has 0 unspecified atom stereocenters. The molecule has 1 aliphatic heterocycles. The molecule has 0 aliphatic carbocycles. The topological polar surface area (TPSA) is 81.6 Å². The predicted octanol–water partition coefficient (Wildman–Crippen LogP) is 2.99. The molecule has 1 atom stereocenters. The fourth-order valence-corrected chi connectivity index (χ4v) is 3.08. The minimum Gasteiger partial charge on any atom is -0.449 e. The lowest BCUT2D eigenvalue weighted by Gasteiger charge is -2.30. The molecule has 0 N–H and O–H groups in total. The lowest BCUT2D eigenvalue weighted by molar-refractivity contribution is -0.0284. The van der Waals surface area contributed by atoms with Gasteiger partial charge in [-0.1, -0.05) is 28.9 Å². The summed E-state index contributed by atoms with van der Waals surface area (Å²) in [5, 5.41) is 5.11. The Morgan fingerprint density at radius 1 is 1.42 bits per heavy atom. The number of para-hydroxylation sites is 1. The number of nitrogens with zero attached hydrogens (tertiary/aromatic N) is 3. The van der Waals surface area contributed by atoms with Crippen LogP contribution in [0.3, 0.4) is 0 Å². The summed E-state index contributed by atoms with van der Waals surface area (Å²) < 4.78 is 16.1. The van der Waals surface area contributed by atoms with Crippen molar-refractivity contribution in [3.05, 3.63) is 46.8 Å². The number of rotatable bonds is 2. The number of carbonyl (C=O) groups is 1. The number of aromatic nitrogens is 2. The molecule has 8 heteroatoms. The van der Waals surface area contributed by atoms with Crippen LogP contribution in [-0.4, -0.2) is 40.6 Å². The van der Waals surface area contributed by atoms with Crippen LogP contribution in [0, 0.1) is 6.92 Å². The van der Waals surface area contributed by atoms with Crippen LogP contribution in [0.15, 0.2) is 33.5 Å². The molecular formula is C16H14ClN3O4. The van der Waals surface area contributed by atoms with Gasteiger partial charge in [-0.25, -0.2) is 0 Å². The molecule has 1 aromatic carbocycles. The largest absolute Gasteiger partial charge is 0.449 e. The highest BCUT2D eigenvalue weighted by Gasteiger charge is 2.31. The Morgan fingerprint density at radius 2 is 2.29 bits per heavy atom. The zero-order valence-corrected chi connectivity index (χ0v) is 13.6. The van der Waals surface area contributed by atoms with Crippen LogP contribution < -0.4 is 0 Å². The minimum atomic E-state index is -0.408. The van der Waals surface area contributed by atoms with E-state index in [0.717, 1.165) is 10.9 Å². The number of fused-ring (bicyclic) bond motifs is 1. The van der Waals surface area contributed by atoms with Crippen LogP contribution in [0.4, 0.5) is 0 Å². The van der Waals surface area contributed by atoms with Crippen molar-refractivity contribution in [1.29, 1.82) is 0 Å². The van der Waals surface area contributed by atoms with Crippen LogP contribution >= 0.6 is 11.6 Å². The molecule has 0 spiro atoms. The third-order valence-corrected chi connectivity index (χ3v) is 4.43. The quantitative estimate of drug-likeness (QED) is 0.708. The number of aryl methyl sites for hydroxylation is 1. The lowest BCUT2D eigenvalue weighted by Crippen LogP contribution is -2.42. The van der Waals surface area contributed by atoms with Crippen molar-refractivity contribution < 1.29 is 18.5 Å². The Hall–Kier alpha value is -2.38. The summed E-state index contributed by atoms with van der Waals surface area (Å²) in [6.45, 7) is 3.05. The first-order chi connectivity index (χ1) is 11.6. The Morgan fingerprint density at radius 3 is 3.04 bits per heavy atom. The summed E-state index contributed by atoms with van der Waals surface area (Å²) in [7, 11) is 0. The zero-order chi connectivity index (χ0) is 16.7. The predicted molar refractivity (Wildman–Crippen MR) is 84.9 cm³/mol. The highest BCUT2D eigenvalue weighted by Crippen LogP contribution is 2.32. The van der Waals surface area contributed by atoms with Crippen molar-refractivity contribution >= 4 is 28.5 Å². The van der Waals surface area contributed by atoms with E-state index in [4.69, 9.17) is 25.3 Å². The van der Waals surface area contributed by atoms with Crippen LogP contribution in [-0.2, 0) is 4.74 Å². The van der Waals surface area contributed by atoms with Gasteiger partial charge in [-0.3, -0.25) is 4.79 Å². The molecule has 1 amide bonds. The molecule has 1 aliphatic rings. The maximum Gasteiger partial charge on any atom is 0.290 e. The van der Waals surface area contributed by atoms with E-state index < -0.39 is 6.10 Å². The molecule has 1 saturated heterocycles. The molecule has 7 nitrogen and oxygen atoms in total. The van der Waals surface area contributed by atoms with E-state index in [9.17, 15) is 4.79 Å². The van der Waals surface area contributed by atoms with Crippen LogP contribution in [0.5, 0.6) is 0 Å². The normalized spacial score (nSPS) is 18.2. The molecular weight excluding hydrogens is 334 g/mol. The number of carbonyl (C=O) groups excluding carboxylic acids is 1. The highest BCUT2D eigenvalue weighted by molar-refractivity contribution is 6.35. The SMILES string of the molecule is Cc1c(C(=O)N2CCO[C@@H](c3ncon3)C2)oc2c(Cl)cccc12. The van der Waals surface area contributed by atoms with Gasteiger partial charge in [0, 0.05) is 17.5 Å². The maximum atomic E-state index is 12.9. The van der Waals surface area contributed by atoms with Gasteiger partial charge in [0.25, 0.3) is 5.91 Å². The van der Waals surface area contributed by atoms with E-state index in [2.05, 4.69) is 10.1 Å². The molecule has 3 heterocycles. The van der Waals surface area contributed by atoms with E-state index in [-0.39, 0.29) is 5.91 Å². The molecule has 3 aromatic rings. The van der Waals surface area contributed by atoms with E-state index >= 15 is 0 Å². The average molecular weight is 348 g/mol. The first kappa shape index (κ1) is 15.2. The summed E-state index contributed by atoms with van der Waals surface area (Å²) >= 11 is 6.16. The van der Waals surface area contributed by atoms with Gasteiger partial charge < -0.3 is 18.6 Å². The zero-order valence-electron chi connectivity index (χ0n) is 12.9. The summed E-state index contributed by atoms with van der Waals surface area (Å²) in [5.74, 6) is 0.528. The van der Waals surface area contributed by atoms with E-state index in [1.807, 2.05) is 19.1 Å². The second-order valence-corrected chi connectivity index (χ2v) is 5.98. The second-order valence-electron chi connectivity index (χ2n) is 5.57. The molecule has 0 radical (unpaired) electrons. The first-order valence-corrected chi connectivity index (χ1v) is 7.87. The van der Waals surface area contributed by atoms with Crippen molar-refractivity contribution in [2.24, 2.45) is 0 Å². The summed E-state index contributed by atoms with van der Waals surface area (Å²) in [6.07, 6.45) is 0.833. The van der Waals surface area contributed by atoms with Crippen LogP contribution in [0.25, 0.3) is 11.0 Å². The monoisotopic (exact) mass is 347 g/mol. The molecule has 0 saturated carbocycles. The van der Waals surface area contributed by atoms with Gasteiger partial charge >= 0.3 is 0 Å². The van der Waals surface area contributed by atoms with E-state index in [0.29, 0.717) is 41.9 Å². The van der Waals surface area contributed by atoms with Crippen LogP contribution in [0.1, 0.15) is 28.0 Å². The molecule has 24 heavy (non-hydrogen) atoms. The molecule has 2 aromatic heterocycles. The third-order valence-electron chi connectivity index (χ3n) is 4.13. The smallest absolute Gasteiger partial charge is 0.290 e. The van der Waals surface area contributed by atoms with Crippen molar-refractivity contribution in [3.8, 4) is 0 Å². The van der Waals surface area contributed by atoms with Gasteiger partial charge in [0.1, 0.15) is 6.10 Å². The summed E-state index contributed by atoms with van der Waals surface area (Å²) in [6, 6.07) is 5.46. The lowest BCUT2D eigenvalue weighted by atomic mass is 10.1. The van der Waals surface area contributed by atoms with E-state index in [1.54, 1.807) is 11.0 Å². The number of furan rings is 1. The Kier molecular flexibility index (Phi) is 3.74. The highest BCUT2D eigenvalue weighted by atomic mass is 35.5. The number of amides is 1. The van der Waals surface area contributed by atoms with Gasteiger partial charge in [0.2, 0.25) is 12.2 Å². The fourth-order valence-electron chi connectivity index (χ4n) is 2.87. The van der Waals surface area contributed by atoms with Gasteiger partial charge in [-0.2, -0.15) is 4.98 Å². The second kappa shape index (κ2) is 5.92. The number of hydrogen-bond donors (Lipinski definition) is 0. The average Bonchev–Trinajstić information content (AvgIpc) is 3.24. The number of ether oxygens (including phenoxy) is 1. The van der Waals surface area contributed by atoms with Crippen molar-refractivity contribution in [3.63, 3.8) is 0 Å². The van der Waals surface area contributed by atoms with Gasteiger partial charge in [-0.05, 0) is 13.0 Å². The summed E-state index contributed by atoms with van der Waals surface area (Å²) in [4.78, 5) is 18.5. The first-order valence-electron chi connectivity index (χ1n) is 7.50. The molecule has 124 valence electrons. The van der Waals surface area contributed by atoms with Gasteiger partial charge in [0.15, 0.2) is 11.3 Å². The van der Waals surface area contributed by atoms with Gasteiger partial charge in [-0.15, -0.1) is 0 Å². The van der Waals surface area contributed by atoms with Crippen molar-refractivity contribution in [2.45, 2.75) is 13.0 Å². The summed E-state index contributed by atoms with van der Waals surface area (Å²) in [5.41, 5.74) is 1.31. The number of benzene rings is 1. The van der Waals surface area contributed by atoms with Crippen LogP contribution in [0.2, 0.25) is 5.02 Å². The van der Waals surface area contributed by atoms with Crippen molar-refractivity contribution in [2.75, 3.05) is 19.7 Å². The number of halogens is 1. The molecule has 4 rings (SSSR count). The fraction of sp³-hybridized carbons (Fsp3) is 0.312. The Bertz CT molecular complexity index is 890. The van der Waals surface area contributed by atoms with Gasteiger partial charge in [0.05, 0.1) is 18.2 Å². The Balaban J connectivity index is 1.64. The number of hydrogen-bond acceptors (Lipinski definition) is 6. The number of morpholine rings is 1. The maximum absolute atomic E-state index is 12.9. The molecule has 0 bridgehead atoms. The third kappa shape index (κ3) is 2.46. The standard InChI is InChI=1S/C16H14ClN3O4/c1-9-10-3-2-4-11(17)14(10)24-13(9)16(21)20-5-6-22-12(7-20)15-18-8-23-19-15/h2-4,8,12H,5-7H2,1H3/t12-/m1/s1. The minimum absolute atomic E-state index is 0.198. The van der Waals surface area contributed by atoms with Crippen molar-refractivity contribution in [1.82, 2.24) is 15.0 Å².